The van der Waals surface area contributed by atoms with Crippen molar-refractivity contribution >= 4 is 17.9 Å². The summed E-state index contributed by atoms with van der Waals surface area (Å²) in [4.78, 5) is 11.1. The van der Waals surface area contributed by atoms with Crippen molar-refractivity contribution < 1.29 is 14.6 Å². The molecule has 1 unspecified atom stereocenters. The van der Waals surface area contributed by atoms with Gasteiger partial charge in [-0.05, 0) is 26.2 Å². The zero-order valence-corrected chi connectivity index (χ0v) is 12.1. The Kier molecular flexibility index (Phi) is 8.46. The number of carbonyl (C=O) groups excluding carboxylic acids is 1. The molecular formula is C13H25NO3S. The molecule has 5 heteroatoms. The number of aliphatic hydroxyl groups is 1. The average molecular weight is 275 g/mol. The Morgan fingerprint density at radius 3 is 2.89 bits per heavy atom. The highest BCUT2D eigenvalue weighted by atomic mass is 32.2. The van der Waals surface area contributed by atoms with Crippen molar-refractivity contribution in [1.82, 2.24) is 4.31 Å². The number of hydrogen-bond donors (Lipinski definition) is 1. The molecule has 0 saturated carbocycles. The van der Waals surface area contributed by atoms with Crippen LogP contribution in [-0.2, 0) is 9.53 Å². The van der Waals surface area contributed by atoms with Gasteiger partial charge < -0.3 is 9.84 Å². The van der Waals surface area contributed by atoms with E-state index in [0.717, 1.165) is 44.4 Å². The minimum Gasteiger partial charge on any atom is -0.466 e. The third-order valence-electron chi connectivity index (χ3n) is 3.14. The molecule has 0 spiro atoms. The monoisotopic (exact) mass is 275 g/mol. The minimum absolute atomic E-state index is 0.0760. The second-order valence-corrected chi connectivity index (χ2v) is 5.70. The van der Waals surface area contributed by atoms with E-state index in [2.05, 4.69) is 4.31 Å². The third-order valence-corrected chi connectivity index (χ3v) is 4.37. The summed E-state index contributed by atoms with van der Waals surface area (Å²) in [5.41, 5.74) is 0. The molecule has 1 fully saturated rings. The average Bonchev–Trinajstić information content (AvgIpc) is 2.81. The molecule has 1 aliphatic rings. The van der Waals surface area contributed by atoms with E-state index in [0.29, 0.717) is 19.1 Å². The first-order valence-corrected chi connectivity index (χ1v) is 7.88. The van der Waals surface area contributed by atoms with Crippen LogP contribution in [-0.4, -0.2) is 46.9 Å². The lowest BCUT2D eigenvalue weighted by Crippen LogP contribution is -2.28. The van der Waals surface area contributed by atoms with Crippen molar-refractivity contribution in [2.45, 2.75) is 51.5 Å². The van der Waals surface area contributed by atoms with E-state index in [9.17, 15) is 9.90 Å². The van der Waals surface area contributed by atoms with Gasteiger partial charge in [-0.25, -0.2) is 4.31 Å². The zero-order valence-electron chi connectivity index (χ0n) is 11.3. The van der Waals surface area contributed by atoms with Crippen LogP contribution in [0.25, 0.3) is 0 Å². The van der Waals surface area contributed by atoms with Crippen molar-refractivity contribution in [2.75, 3.05) is 25.5 Å². The van der Waals surface area contributed by atoms with Crippen molar-refractivity contribution in [3.05, 3.63) is 0 Å². The second-order valence-electron chi connectivity index (χ2n) is 4.57. The van der Waals surface area contributed by atoms with Crippen LogP contribution >= 0.6 is 11.9 Å². The van der Waals surface area contributed by atoms with Gasteiger partial charge in [0.1, 0.15) is 0 Å². The van der Waals surface area contributed by atoms with Gasteiger partial charge in [-0.15, -0.1) is 0 Å². The van der Waals surface area contributed by atoms with Crippen molar-refractivity contribution in [3.8, 4) is 0 Å². The van der Waals surface area contributed by atoms with Gasteiger partial charge in [-0.1, -0.05) is 24.8 Å². The number of carbonyl (C=O) groups is 1. The van der Waals surface area contributed by atoms with Gasteiger partial charge in [0.05, 0.1) is 13.2 Å². The lowest BCUT2D eigenvalue weighted by molar-refractivity contribution is -0.143. The third kappa shape index (κ3) is 6.07. The van der Waals surface area contributed by atoms with Gasteiger partial charge >= 0.3 is 5.97 Å². The quantitative estimate of drug-likeness (QED) is 0.397. The highest BCUT2D eigenvalue weighted by Gasteiger charge is 2.23. The number of nitrogens with zero attached hydrogens (tertiary/aromatic N) is 1. The highest BCUT2D eigenvalue weighted by Crippen LogP contribution is 2.26. The Labute approximate surface area is 114 Å². The van der Waals surface area contributed by atoms with Gasteiger partial charge in [-0.2, -0.15) is 0 Å². The normalized spacial score (nSPS) is 20.2. The Morgan fingerprint density at radius 1 is 1.39 bits per heavy atom. The van der Waals surface area contributed by atoms with Gasteiger partial charge in [0, 0.05) is 24.8 Å². The number of unbranched alkanes of at least 4 members (excludes halogenated alkanes) is 3. The van der Waals surface area contributed by atoms with E-state index in [1.54, 1.807) is 0 Å². The fourth-order valence-corrected chi connectivity index (χ4v) is 3.36. The molecule has 1 rings (SSSR count). The summed E-state index contributed by atoms with van der Waals surface area (Å²) in [5, 5.41) is 9.18. The molecule has 1 aliphatic heterocycles. The number of aliphatic hydroxyl groups excluding tert-OH is 1. The lowest BCUT2D eigenvalue weighted by Gasteiger charge is -2.20. The van der Waals surface area contributed by atoms with Crippen LogP contribution in [0.2, 0.25) is 0 Å². The first kappa shape index (κ1) is 15.8. The van der Waals surface area contributed by atoms with E-state index < -0.39 is 0 Å². The molecule has 0 aromatic heterocycles. The van der Waals surface area contributed by atoms with Crippen LogP contribution < -0.4 is 0 Å². The fraction of sp³-hybridized carbons (Fsp3) is 0.923. The number of rotatable bonds is 9. The maximum Gasteiger partial charge on any atom is 0.305 e. The molecule has 0 aromatic rings. The second kappa shape index (κ2) is 9.64. The Bertz CT molecular complexity index is 238. The van der Waals surface area contributed by atoms with Crippen molar-refractivity contribution in [2.24, 2.45) is 0 Å². The zero-order chi connectivity index (χ0) is 13.2. The summed E-state index contributed by atoms with van der Waals surface area (Å²) in [5.74, 6) is 1.06. The van der Waals surface area contributed by atoms with Crippen molar-refractivity contribution in [3.63, 3.8) is 0 Å². The molecule has 0 radical (unpaired) electrons. The van der Waals surface area contributed by atoms with Crippen LogP contribution in [0.15, 0.2) is 0 Å². The van der Waals surface area contributed by atoms with E-state index in [1.165, 1.54) is 0 Å². The van der Waals surface area contributed by atoms with Crippen LogP contribution in [0.5, 0.6) is 0 Å². The van der Waals surface area contributed by atoms with Gasteiger partial charge in [0.2, 0.25) is 0 Å². The standard InChI is InChI=1S/C13H25NO3S/c1-2-17-13(16)7-5-3-4-6-9-14-12(11-15)8-10-18-14/h12,15H,2-11H2,1H3. The maximum atomic E-state index is 11.1. The molecule has 0 aliphatic carbocycles. The molecule has 1 atom stereocenters. The molecule has 0 bridgehead atoms. The van der Waals surface area contributed by atoms with Crippen LogP contribution in [0.4, 0.5) is 0 Å². The van der Waals surface area contributed by atoms with Gasteiger partial charge in [-0.3, -0.25) is 4.79 Å². The summed E-state index contributed by atoms with van der Waals surface area (Å²) in [6, 6.07) is 0.356. The summed E-state index contributed by atoms with van der Waals surface area (Å²) >= 11 is 1.85. The van der Waals surface area contributed by atoms with Crippen molar-refractivity contribution in [1.29, 1.82) is 0 Å². The molecular weight excluding hydrogens is 250 g/mol. The number of ether oxygens (including phenoxy) is 1. The summed E-state index contributed by atoms with van der Waals surface area (Å²) < 4.78 is 7.19. The molecule has 0 aromatic carbocycles. The molecule has 0 amide bonds. The van der Waals surface area contributed by atoms with Gasteiger partial charge in [0.15, 0.2) is 0 Å². The van der Waals surface area contributed by atoms with Gasteiger partial charge in [0.25, 0.3) is 0 Å². The topological polar surface area (TPSA) is 49.8 Å². The van der Waals surface area contributed by atoms with Crippen LogP contribution in [0, 0.1) is 0 Å². The molecule has 4 nitrogen and oxygen atoms in total. The van der Waals surface area contributed by atoms with E-state index in [-0.39, 0.29) is 12.6 Å². The first-order chi connectivity index (χ1) is 8.77. The summed E-state index contributed by atoms with van der Waals surface area (Å²) in [7, 11) is 0. The molecule has 1 N–H and O–H groups in total. The van der Waals surface area contributed by atoms with E-state index >= 15 is 0 Å². The Morgan fingerprint density at radius 2 is 2.17 bits per heavy atom. The summed E-state index contributed by atoms with van der Waals surface area (Å²) in [6.07, 6.45) is 5.95. The SMILES string of the molecule is CCOC(=O)CCCCCCN1SCCC1CO. The van der Waals surface area contributed by atoms with E-state index in [1.807, 2.05) is 18.9 Å². The predicted molar refractivity (Wildman–Crippen MR) is 74.4 cm³/mol. The minimum atomic E-state index is -0.0760. The summed E-state index contributed by atoms with van der Waals surface area (Å²) in [6.45, 7) is 3.64. The Hall–Kier alpha value is -0.260. The molecule has 106 valence electrons. The molecule has 1 saturated heterocycles. The highest BCUT2D eigenvalue weighted by molar-refractivity contribution is 7.97. The molecule has 18 heavy (non-hydrogen) atoms. The fourth-order valence-electron chi connectivity index (χ4n) is 2.11. The van der Waals surface area contributed by atoms with E-state index in [4.69, 9.17) is 4.74 Å². The maximum absolute atomic E-state index is 11.1. The first-order valence-electron chi connectivity index (χ1n) is 6.94. The largest absolute Gasteiger partial charge is 0.466 e. The van der Waals surface area contributed by atoms with Crippen LogP contribution in [0.1, 0.15) is 45.4 Å². The lowest BCUT2D eigenvalue weighted by atomic mass is 10.1. The smallest absolute Gasteiger partial charge is 0.305 e. The predicted octanol–water partition coefficient (Wildman–Crippen LogP) is 2.21. The number of hydrogen-bond acceptors (Lipinski definition) is 5. The van der Waals surface area contributed by atoms with Crippen LogP contribution in [0.3, 0.4) is 0 Å². The Balaban J connectivity index is 1.94. The number of esters is 1. The molecule has 1 heterocycles.